The molecule has 2 aromatic carbocycles. The number of halogens is 1. The van der Waals surface area contributed by atoms with E-state index in [2.05, 4.69) is 20.8 Å². The van der Waals surface area contributed by atoms with Gasteiger partial charge < -0.3 is 5.32 Å². The lowest BCUT2D eigenvalue weighted by Gasteiger charge is -2.07. The molecule has 0 fully saturated rings. The molecular formula is C19H14ClN5O3S. The maximum absolute atomic E-state index is 12.7. The third-order valence-corrected chi connectivity index (χ3v) is 5.64. The van der Waals surface area contributed by atoms with Gasteiger partial charge in [0.25, 0.3) is 0 Å². The van der Waals surface area contributed by atoms with Gasteiger partial charge in [0.1, 0.15) is 0 Å². The van der Waals surface area contributed by atoms with Crippen LogP contribution in [0.2, 0.25) is 5.02 Å². The Hall–Kier alpha value is -3.04. The van der Waals surface area contributed by atoms with Gasteiger partial charge in [-0.25, -0.2) is 0 Å². The number of hydrogen-bond acceptors (Lipinski definition) is 7. The maximum Gasteiger partial charge on any atom is 0.228 e. The Labute approximate surface area is 174 Å². The van der Waals surface area contributed by atoms with Crippen molar-refractivity contribution in [2.24, 2.45) is 0 Å². The van der Waals surface area contributed by atoms with Gasteiger partial charge in [-0.3, -0.25) is 14.4 Å². The number of nitrogens with zero attached hydrogens (tertiary/aromatic N) is 4. The third-order valence-electron chi connectivity index (χ3n) is 4.41. The van der Waals surface area contributed by atoms with Gasteiger partial charge in [-0.2, -0.15) is 4.68 Å². The Bertz CT molecular complexity index is 1140. The Morgan fingerprint density at radius 2 is 2.00 bits per heavy atom. The van der Waals surface area contributed by atoms with E-state index in [4.69, 9.17) is 11.6 Å². The molecular weight excluding hydrogens is 414 g/mol. The summed E-state index contributed by atoms with van der Waals surface area (Å²) in [6.45, 7) is 1.50. The summed E-state index contributed by atoms with van der Waals surface area (Å²) in [7, 11) is 0. The zero-order valence-corrected chi connectivity index (χ0v) is 16.8. The number of thioether (sulfide) groups is 1. The molecule has 8 nitrogen and oxygen atoms in total. The van der Waals surface area contributed by atoms with E-state index in [9.17, 15) is 14.4 Å². The van der Waals surface area contributed by atoms with Gasteiger partial charge in [0.15, 0.2) is 11.6 Å². The van der Waals surface area contributed by atoms with Crippen molar-refractivity contribution in [3.63, 3.8) is 0 Å². The van der Waals surface area contributed by atoms with Gasteiger partial charge in [-0.1, -0.05) is 23.4 Å². The van der Waals surface area contributed by atoms with Crippen LogP contribution < -0.4 is 5.32 Å². The predicted molar refractivity (Wildman–Crippen MR) is 108 cm³/mol. The normalized spacial score (nSPS) is 12.6. The lowest BCUT2D eigenvalue weighted by atomic mass is 10.1. The fourth-order valence-electron chi connectivity index (χ4n) is 2.94. The summed E-state index contributed by atoms with van der Waals surface area (Å²) in [6, 6.07) is 10.1. The Balaban J connectivity index is 1.50. The lowest BCUT2D eigenvalue weighted by molar-refractivity contribution is -0.115. The van der Waals surface area contributed by atoms with E-state index in [-0.39, 0.29) is 34.7 Å². The first-order valence-corrected chi connectivity index (χ1v) is 9.97. The molecule has 1 N–H and O–H groups in total. The van der Waals surface area contributed by atoms with E-state index in [0.717, 1.165) is 5.56 Å². The monoisotopic (exact) mass is 427 g/mol. The fraction of sp³-hybridized carbons (Fsp3) is 0.158. The number of amides is 1. The number of Topliss-reactive ketones (excluding diaryl/α,β-unsaturated/α-hetero) is 2. The number of hydrogen-bond donors (Lipinski definition) is 1. The number of tetrazole rings is 1. The molecule has 146 valence electrons. The molecule has 1 aliphatic rings. The minimum atomic E-state index is -0.191. The van der Waals surface area contributed by atoms with Crippen molar-refractivity contribution >= 4 is 46.5 Å². The average Bonchev–Trinajstić information content (AvgIpc) is 3.30. The molecule has 1 aromatic heterocycles. The quantitative estimate of drug-likeness (QED) is 0.476. The molecule has 29 heavy (non-hydrogen) atoms. The van der Waals surface area contributed by atoms with Crippen molar-refractivity contribution in [2.75, 3.05) is 11.1 Å². The van der Waals surface area contributed by atoms with E-state index in [0.29, 0.717) is 27.7 Å². The fourth-order valence-corrected chi connectivity index (χ4v) is 3.98. The number of rotatable bonds is 6. The summed E-state index contributed by atoms with van der Waals surface area (Å²) >= 11 is 7.40. The molecule has 0 bridgehead atoms. The number of nitrogens with one attached hydrogen (secondary N) is 1. The second-order valence-corrected chi connectivity index (χ2v) is 7.75. The first-order chi connectivity index (χ1) is 13.9. The summed E-state index contributed by atoms with van der Waals surface area (Å²) < 4.78 is 1.49. The predicted octanol–water partition coefficient (Wildman–Crippen LogP) is 2.99. The number of ketones is 2. The highest BCUT2D eigenvalue weighted by Gasteiger charge is 2.22. The molecule has 0 radical (unpaired) electrons. The van der Waals surface area contributed by atoms with Crippen LogP contribution in [0.4, 0.5) is 5.69 Å². The van der Waals surface area contributed by atoms with Gasteiger partial charge >= 0.3 is 0 Å². The molecule has 10 heteroatoms. The summed E-state index contributed by atoms with van der Waals surface area (Å²) in [5.41, 5.74) is 3.02. The number of anilines is 1. The standard InChI is InChI=1S/C19H14ClN5O3S/c1-10(26)11-2-4-13(5-3-11)25-19(22-23-24-25)29-9-17(27)14-6-12-7-18(28)21-16(12)8-15(14)20/h2-6,8H,7,9H2,1H3,(H,21,28). The maximum atomic E-state index is 12.7. The highest BCUT2D eigenvalue weighted by atomic mass is 35.5. The highest BCUT2D eigenvalue weighted by molar-refractivity contribution is 7.99. The number of carbonyl (C=O) groups excluding carboxylic acids is 3. The van der Waals surface area contributed by atoms with Crippen LogP contribution in [0.15, 0.2) is 41.6 Å². The molecule has 0 saturated carbocycles. The van der Waals surface area contributed by atoms with Crippen molar-refractivity contribution in [3.05, 3.63) is 58.1 Å². The van der Waals surface area contributed by atoms with Crippen LogP contribution in [0.3, 0.4) is 0 Å². The first kappa shape index (κ1) is 19.3. The van der Waals surface area contributed by atoms with E-state index in [1.165, 1.54) is 23.4 Å². The Morgan fingerprint density at radius 1 is 1.24 bits per heavy atom. The van der Waals surface area contributed by atoms with Crippen molar-refractivity contribution < 1.29 is 14.4 Å². The largest absolute Gasteiger partial charge is 0.325 e. The van der Waals surface area contributed by atoms with Gasteiger partial charge in [-0.15, -0.1) is 5.10 Å². The van der Waals surface area contributed by atoms with Crippen LogP contribution in [-0.4, -0.2) is 43.4 Å². The SMILES string of the molecule is CC(=O)c1ccc(-n2nnnc2SCC(=O)c2cc3c(cc2Cl)NC(=O)C3)cc1. The van der Waals surface area contributed by atoms with Gasteiger partial charge in [-0.05, 0) is 59.3 Å². The molecule has 1 amide bonds. The van der Waals surface area contributed by atoms with Gasteiger partial charge in [0, 0.05) is 16.8 Å². The number of carbonyl (C=O) groups is 3. The molecule has 0 atom stereocenters. The van der Waals surface area contributed by atoms with Crippen LogP contribution in [0, 0.1) is 0 Å². The smallest absolute Gasteiger partial charge is 0.228 e. The second-order valence-electron chi connectivity index (χ2n) is 6.40. The van der Waals surface area contributed by atoms with Crippen molar-refractivity contribution in [1.29, 1.82) is 0 Å². The second kappa shape index (κ2) is 7.76. The molecule has 0 unspecified atom stereocenters. The van der Waals surface area contributed by atoms with Crippen LogP contribution in [-0.2, 0) is 11.2 Å². The van der Waals surface area contributed by atoms with Crippen LogP contribution >= 0.6 is 23.4 Å². The lowest BCUT2D eigenvalue weighted by Crippen LogP contribution is -2.06. The Morgan fingerprint density at radius 3 is 2.72 bits per heavy atom. The van der Waals surface area contributed by atoms with Crippen LogP contribution in [0.25, 0.3) is 5.69 Å². The summed E-state index contributed by atoms with van der Waals surface area (Å²) in [6.07, 6.45) is 0.231. The van der Waals surface area contributed by atoms with Crippen molar-refractivity contribution in [1.82, 2.24) is 20.2 Å². The molecule has 0 saturated heterocycles. The van der Waals surface area contributed by atoms with Gasteiger partial charge in [0.05, 0.1) is 22.9 Å². The molecule has 2 heterocycles. The van der Waals surface area contributed by atoms with Crippen LogP contribution in [0.1, 0.15) is 33.2 Å². The van der Waals surface area contributed by atoms with E-state index in [1.807, 2.05) is 0 Å². The van der Waals surface area contributed by atoms with Crippen molar-refractivity contribution in [3.8, 4) is 5.69 Å². The number of benzene rings is 2. The summed E-state index contributed by atoms with van der Waals surface area (Å²) in [4.78, 5) is 35.6. The first-order valence-electron chi connectivity index (χ1n) is 8.60. The zero-order valence-electron chi connectivity index (χ0n) is 15.2. The minimum absolute atomic E-state index is 0.0309. The van der Waals surface area contributed by atoms with Crippen molar-refractivity contribution in [2.45, 2.75) is 18.5 Å². The number of fused-ring (bicyclic) bond motifs is 1. The molecule has 4 rings (SSSR count). The third kappa shape index (κ3) is 3.92. The van der Waals surface area contributed by atoms with E-state index >= 15 is 0 Å². The Kier molecular flexibility index (Phi) is 5.16. The van der Waals surface area contributed by atoms with E-state index < -0.39 is 0 Å². The molecule has 1 aliphatic heterocycles. The highest BCUT2D eigenvalue weighted by Crippen LogP contribution is 2.31. The number of aromatic nitrogens is 4. The summed E-state index contributed by atoms with van der Waals surface area (Å²) in [5.74, 6) is -0.267. The molecule has 0 aliphatic carbocycles. The topological polar surface area (TPSA) is 107 Å². The minimum Gasteiger partial charge on any atom is -0.325 e. The van der Waals surface area contributed by atoms with Gasteiger partial charge in [0.2, 0.25) is 11.1 Å². The van der Waals surface area contributed by atoms with E-state index in [1.54, 1.807) is 36.4 Å². The zero-order chi connectivity index (χ0) is 20.5. The summed E-state index contributed by atoms with van der Waals surface area (Å²) in [5, 5.41) is 15.0. The molecule has 3 aromatic rings. The van der Waals surface area contributed by atoms with Crippen LogP contribution in [0.5, 0.6) is 0 Å². The average molecular weight is 428 g/mol. The molecule has 0 spiro atoms.